The number of allylic oxidation sites excluding steroid dienone is 2. The Bertz CT molecular complexity index is 859. The highest BCUT2D eigenvalue weighted by Crippen LogP contribution is 2.43. The van der Waals surface area contributed by atoms with E-state index in [2.05, 4.69) is 62.4 Å². The third-order valence-corrected chi connectivity index (χ3v) is 5.59. The molecule has 2 heteroatoms. The SMILES string of the molecule is CC1=NC2=C(C(=O)CCC2)C(c2ccc(-c3ccccc3)cc2)C1C. The van der Waals surface area contributed by atoms with E-state index in [9.17, 15) is 4.79 Å². The molecule has 25 heavy (non-hydrogen) atoms. The minimum absolute atomic E-state index is 0.144. The van der Waals surface area contributed by atoms with Crippen molar-refractivity contribution in [2.75, 3.05) is 0 Å². The predicted octanol–water partition coefficient (Wildman–Crippen LogP) is 5.55. The lowest BCUT2D eigenvalue weighted by atomic mass is 9.72. The van der Waals surface area contributed by atoms with Gasteiger partial charge in [-0.05, 0) is 36.5 Å². The lowest BCUT2D eigenvalue weighted by molar-refractivity contribution is -0.116. The monoisotopic (exact) mass is 329 g/mol. The fraction of sp³-hybridized carbons (Fsp3) is 0.304. The summed E-state index contributed by atoms with van der Waals surface area (Å²) in [5, 5.41) is 0. The van der Waals surface area contributed by atoms with Crippen LogP contribution in [0, 0.1) is 5.92 Å². The zero-order valence-electron chi connectivity index (χ0n) is 14.8. The minimum Gasteiger partial charge on any atom is -0.294 e. The van der Waals surface area contributed by atoms with Gasteiger partial charge in [0.1, 0.15) is 0 Å². The van der Waals surface area contributed by atoms with Gasteiger partial charge in [-0.15, -0.1) is 0 Å². The van der Waals surface area contributed by atoms with Crippen LogP contribution >= 0.6 is 0 Å². The van der Waals surface area contributed by atoms with E-state index in [-0.39, 0.29) is 11.8 Å². The number of aliphatic imine (C=N–C) groups is 1. The molecule has 0 N–H and O–H groups in total. The second-order valence-electron chi connectivity index (χ2n) is 7.14. The molecule has 0 bridgehead atoms. The molecule has 2 aliphatic rings. The third kappa shape index (κ3) is 2.86. The molecule has 2 atom stereocenters. The summed E-state index contributed by atoms with van der Waals surface area (Å²) in [4.78, 5) is 17.4. The minimum atomic E-state index is 0.144. The van der Waals surface area contributed by atoms with Gasteiger partial charge in [-0.3, -0.25) is 9.79 Å². The van der Waals surface area contributed by atoms with Crippen molar-refractivity contribution in [2.24, 2.45) is 10.9 Å². The number of carbonyl (C=O) groups is 1. The summed E-state index contributed by atoms with van der Waals surface area (Å²) in [6.45, 7) is 4.29. The van der Waals surface area contributed by atoms with Gasteiger partial charge in [0.05, 0.1) is 0 Å². The maximum absolute atomic E-state index is 12.6. The van der Waals surface area contributed by atoms with E-state index in [0.717, 1.165) is 29.8 Å². The largest absolute Gasteiger partial charge is 0.294 e. The zero-order chi connectivity index (χ0) is 17.4. The van der Waals surface area contributed by atoms with E-state index in [1.807, 2.05) is 6.07 Å². The molecular weight excluding hydrogens is 306 g/mol. The van der Waals surface area contributed by atoms with E-state index >= 15 is 0 Å². The van der Waals surface area contributed by atoms with Gasteiger partial charge in [-0.25, -0.2) is 0 Å². The van der Waals surface area contributed by atoms with Crippen molar-refractivity contribution in [1.29, 1.82) is 0 Å². The molecule has 0 fully saturated rings. The Labute approximate surface area is 149 Å². The van der Waals surface area contributed by atoms with Crippen molar-refractivity contribution in [2.45, 2.75) is 39.0 Å². The number of nitrogens with zero attached hydrogens (tertiary/aromatic N) is 1. The number of rotatable bonds is 2. The predicted molar refractivity (Wildman–Crippen MR) is 103 cm³/mol. The Balaban J connectivity index is 1.74. The zero-order valence-corrected chi connectivity index (χ0v) is 14.8. The Morgan fingerprint density at radius 3 is 2.32 bits per heavy atom. The normalized spacial score (nSPS) is 23.3. The standard InChI is InChI=1S/C23H23NO/c1-15-16(2)24-20-9-6-10-21(25)23(20)22(15)19-13-11-18(12-14-19)17-7-4-3-5-8-17/h3-5,7-8,11-15,22H,6,9-10H2,1-2H3. The topological polar surface area (TPSA) is 29.4 Å². The highest BCUT2D eigenvalue weighted by molar-refractivity contribution is 6.02. The van der Waals surface area contributed by atoms with Gasteiger partial charge in [0.2, 0.25) is 0 Å². The van der Waals surface area contributed by atoms with Crippen molar-refractivity contribution in [1.82, 2.24) is 0 Å². The first kappa shape index (κ1) is 16.0. The van der Waals surface area contributed by atoms with E-state index in [0.29, 0.717) is 12.2 Å². The number of carbonyl (C=O) groups excluding carboxylic acids is 1. The first-order valence-corrected chi connectivity index (χ1v) is 9.12. The highest BCUT2D eigenvalue weighted by Gasteiger charge is 2.36. The molecule has 1 aliphatic carbocycles. The molecular formula is C23H23NO. The Kier molecular flexibility index (Phi) is 4.12. The van der Waals surface area contributed by atoms with Crippen molar-refractivity contribution in [3.05, 3.63) is 71.4 Å². The van der Waals surface area contributed by atoms with Crippen LogP contribution in [-0.4, -0.2) is 11.5 Å². The average molecular weight is 329 g/mol. The highest BCUT2D eigenvalue weighted by atomic mass is 16.1. The molecule has 0 spiro atoms. The second-order valence-corrected chi connectivity index (χ2v) is 7.14. The maximum Gasteiger partial charge on any atom is 0.161 e. The molecule has 2 aromatic carbocycles. The molecule has 2 nitrogen and oxygen atoms in total. The molecule has 0 aromatic heterocycles. The van der Waals surface area contributed by atoms with Crippen LogP contribution < -0.4 is 0 Å². The molecule has 0 radical (unpaired) electrons. The van der Waals surface area contributed by atoms with E-state index in [1.165, 1.54) is 16.7 Å². The van der Waals surface area contributed by atoms with Crippen LogP contribution in [0.15, 0.2) is 70.9 Å². The van der Waals surface area contributed by atoms with Gasteiger partial charge >= 0.3 is 0 Å². The van der Waals surface area contributed by atoms with E-state index in [4.69, 9.17) is 4.99 Å². The number of hydrogen-bond acceptors (Lipinski definition) is 2. The summed E-state index contributed by atoms with van der Waals surface area (Å²) in [7, 11) is 0. The van der Waals surface area contributed by atoms with Crippen LogP contribution in [0.3, 0.4) is 0 Å². The van der Waals surface area contributed by atoms with Gasteiger partial charge in [-0.2, -0.15) is 0 Å². The van der Waals surface area contributed by atoms with Gasteiger partial charge in [0.25, 0.3) is 0 Å². The number of ketones is 1. The summed E-state index contributed by atoms with van der Waals surface area (Å²) in [6.07, 6.45) is 2.53. The molecule has 0 amide bonds. The summed E-state index contributed by atoms with van der Waals surface area (Å²) in [5.74, 6) is 0.704. The molecule has 1 heterocycles. The number of Topliss-reactive ketones (excluding diaryl/α,β-unsaturated/α-hetero) is 1. The van der Waals surface area contributed by atoms with Crippen molar-refractivity contribution in [3.63, 3.8) is 0 Å². The lowest BCUT2D eigenvalue weighted by Gasteiger charge is -2.34. The van der Waals surface area contributed by atoms with Crippen LogP contribution in [0.25, 0.3) is 11.1 Å². The summed E-state index contributed by atoms with van der Waals surface area (Å²) in [5.41, 5.74) is 6.80. The number of hydrogen-bond donors (Lipinski definition) is 0. The molecule has 2 aromatic rings. The fourth-order valence-electron chi connectivity index (χ4n) is 4.09. The number of benzene rings is 2. The first-order chi connectivity index (χ1) is 12.1. The second kappa shape index (κ2) is 6.44. The molecule has 0 saturated carbocycles. The first-order valence-electron chi connectivity index (χ1n) is 9.12. The van der Waals surface area contributed by atoms with Crippen LogP contribution in [0.5, 0.6) is 0 Å². The molecule has 4 rings (SSSR count). The van der Waals surface area contributed by atoms with Crippen LogP contribution in [0.4, 0.5) is 0 Å². The Morgan fingerprint density at radius 1 is 0.920 bits per heavy atom. The molecule has 1 aliphatic heterocycles. The molecule has 126 valence electrons. The molecule has 0 saturated heterocycles. The van der Waals surface area contributed by atoms with Gasteiger partial charge in [-0.1, -0.05) is 61.5 Å². The lowest BCUT2D eigenvalue weighted by Crippen LogP contribution is -2.29. The van der Waals surface area contributed by atoms with Crippen LogP contribution in [0.2, 0.25) is 0 Å². The van der Waals surface area contributed by atoms with Gasteiger partial charge < -0.3 is 0 Å². The Morgan fingerprint density at radius 2 is 1.60 bits per heavy atom. The van der Waals surface area contributed by atoms with Crippen molar-refractivity contribution in [3.8, 4) is 11.1 Å². The van der Waals surface area contributed by atoms with Crippen LogP contribution in [0.1, 0.15) is 44.6 Å². The third-order valence-electron chi connectivity index (χ3n) is 5.59. The van der Waals surface area contributed by atoms with E-state index in [1.54, 1.807) is 0 Å². The fourth-order valence-corrected chi connectivity index (χ4v) is 4.09. The van der Waals surface area contributed by atoms with Crippen molar-refractivity contribution >= 4 is 11.5 Å². The smallest absolute Gasteiger partial charge is 0.161 e. The van der Waals surface area contributed by atoms with Gasteiger partial charge in [0.15, 0.2) is 5.78 Å². The average Bonchev–Trinajstić information content (AvgIpc) is 2.64. The van der Waals surface area contributed by atoms with Crippen LogP contribution in [-0.2, 0) is 4.79 Å². The van der Waals surface area contributed by atoms with Crippen molar-refractivity contribution < 1.29 is 4.79 Å². The maximum atomic E-state index is 12.6. The summed E-state index contributed by atoms with van der Waals surface area (Å²) < 4.78 is 0. The molecule has 2 unspecified atom stereocenters. The summed E-state index contributed by atoms with van der Waals surface area (Å²) >= 11 is 0. The summed E-state index contributed by atoms with van der Waals surface area (Å²) in [6, 6.07) is 19.1. The van der Waals surface area contributed by atoms with Gasteiger partial charge in [0, 0.05) is 35.2 Å². The Hall–Kier alpha value is -2.48. The quantitative estimate of drug-likeness (QED) is 0.709. The van der Waals surface area contributed by atoms with E-state index < -0.39 is 0 Å².